The van der Waals surface area contributed by atoms with Gasteiger partial charge in [-0.3, -0.25) is 4.79 Å². The van der Waals surface area contributed by atoms with Gasteiger partial charge in [0, 0.05) is 36.8 Å². The van der Waals surface area contributed by atoms with Crippen molar-refractivity contribution in [1.29, 1.82) is 0 Å². The van der Waals surface area contributed by atoms with E-state index in [1.54, 1.807) is 13.2 Å². The van der Waals surface area contributed by atoms with Gasteiger partial charge in [-0.2, -0.15) is 0 Å². The van der Waals surface area contributed by atoms with Crippen molar-refractivity contribution >= 4 is 27.8 Å². The highest BCUT2D eigenvalue weighted by atomic mass is 79.9. The number of carbonyl (C=O) groups excluding carboxylic acids is 1. The fourth-order valence-electron chi connectivity index (χ4n) is 2.95. The van der Waals surface area contributed by atoms with Gasteiger partial charge in [-0.05, 0) is 43.4 Å². The summed E-state index contributed by atoms with van der Waals surface area (Å²) in [5, 5.41) is 9.15. The minimum Gasteiger partial charge on any atom is -0.478 e. The SMILES string of the molecule is COCCC1CCCCN(C(=O)c2cc(Br)cc(C(=O)O)c2)C1. The molecule has 1 aliphatic heterocycles. The lowest BCUT2D eigenvalue weighted by Crippen LogP contribution is -2.35. The van der Waals surface area contributed by atoms with Gasteiger partial charge in [0.2, 0.25) is 0 Å². The molecule has 1 unspecified atom stereocenters. The number of nitrogens with zero attached hydrogens (tertiary/aromatic N) is 1. The third kappa shape index (κ3) is 5.04. The first-order chi connectivity index (χ1) is 11.0. The van der Waals surface area contributed by atoms with Gasteiger partial charge in [0.25, 0.3) is 5.91 Å². The number of carbonyl (C=O) groups is 2. The van der Waals surface area contributed by atoms with Crippen molar-refractivity contribution in [3.05, 3.63) is 33.8 Å². The van der Waals surface area contributed by atoms with Crippen LogP contribution in [-0.4, -0.2) is 48.7 Å². The molecule has 1 heterocycles. The van der Waals surface area contributed by atoms with Gasteiger partial charge < -0.3 is 14.7 Å². The zero-order valence-corrected chi connectivity index (χ0v) is 14.8. The maximum Gasteiger partial charge on any atom is 0.335 e. The standard InChI is InChI=1S/C17H22BrNO4/c1-23-7-5-12-4-2-3-6-19(11-12)16(20)13-8-14(17(21)22)10-15(18)9-13/h8-10,12H,2-7,11H2,1H3,(H,21,22). The summed E-state index contributed by atoms with van der Waals surface area (Å²) in [7, 11) is 1.69. The Hall–Kier alpha value is -1.40. The first-order valence-electron chi connectivity index (χ1n) is 7.83. The molecule has 1 N–H and O–H groups in total. The Kier molecular flexibility index (Phi) is 6.59. The van der Waals surface area contributed by atoms with Gasteiger partial charge in [-0.1, -0.05) is 22.4 Å². The van der Waals surface area contributed by atoms with E-state index in [1.165, 1.54) is 12.1 Å². The van der Waals surface area contributed by atoms with E-state index in [0.29, 0.717) is 29.1 Å². The average molecular weight is 384 g/mol. The van der Waals surface area contributed by atoms with Crippen LogP contribution in [0.1, 0.15) is 46.4 Å². The molecule has 0 aliphatic carbocycles. The fraction of sp³-hybridized carbons (Fsp3) is 0.529. The Labute approximate surface area is 144 Å². The van der Waals surface area contributed by atoms with E-state index in [0.717, 1.165) is 32.2 Å². The van der Waals surface area contributed by atoms with E-state index >= 15 is 0 Å². The summed E-state index contributed by atoms with van der Waals surface area (Å²) in [6.45, 7) is 2.13. The average Bonchev–Trinajstić information content (AvgIpc) is 2.77. The summed E-state index contributed by atoms with van der Waals surface area (Å²) in [5.74, 6) is -0.695. The van der Waals surface area contributed by atoms with Crippen molar-refractivity contribution in [3.63, 3.8) is 0 Å². The molecule has 0 bridgehead atoms. The van der Waals surface area contributed by atoms with Crippen LogP contribution in [-0.2, 0) is 4.74 Å². The van der Waals surface area contributed by atoms with Crippen LogP contribution in [0, 0.1) is 5.92 Å². The maximum atomic E-state index is 12.8. The van der Waals surface area contributed by atoms with Crippen LogP contribution in [0.5, 0.6) is 0 Å². The van der Waals surface area contributed by atoms with Crippen molar-refractivity contribution in [2.45, 2.75) is 25.7 Å². The number of amides is 1. The molecular weight excluding hydrogens is 362 g/mol. The van der Waals surface area contributed by atoms with Crippen LogP contribution in [0.2, 0.25) is 0 Å². The lowest BCUT2D eigenvalue weighted by atomic mass is 10.00. The number of ether oxygens (including phenoxy) is 1. The minimum atomic E-state index is -1.03. The second-order valence-corrected chi connectivity index (χ2v) is 6.84. The van der Waals surface area contributed by atoms with Gasteiger partial charge in [0.05, 0.1) is 5.56 Å². The number of carboxylic acid groups (broad SMARTS) is 1. The van der Waals surface area contributed by atoms with Gasteiger partial charge in [0.15, 0.2) is 0 Å². The number of rotatable bonds is 5. The number of methoxy groups -OCH3 is 1. The normalized spacial score (nSPS) is 18.5. The second kappa shape index (κ2) is 8.45. The lowest BCUT2D eigenvalue weighted by molar-refractivity contribution is 0.0696. The molecule has 6 heteroatoms. The van der Waals surface area contributed by atoms with Crippen LogP contribution in [0.3, 0.4) is 0 Å². The molecule has 1 aliphatic rings. The molecule has 0 saturated carbocycles. The second-order valence-electron chi connectivity index (χ2n) is 5.93. The van der Waals surface area contributed by atoms with Crippen molar-refractivity contribution in [2.75, 3.05) is 26.8 Å². The summed E-state index contributed by atoms with van der Waals surface area (Å²) < 4.78 is 5.75. The highest BCUT2D eigenvalue weighted by molar-refractivity contribution is 9.10. The Balaban J connectivity index is 2.16. The highest BCUT2D eigenvalue weighted by Gasteiger charge is 2.23. The molecule has 0 aromatic heterocycles. The third-order valence-corrected chi connectivity index (χ3v) is 4.64. The first-order valence-corrected chi connectivity index (χ1v) is 8.62. The molecule has 1 atom stereocenters. The summed E-state index contributed by atoms with van der Waals surface area (Å²) >= 11 is 3.28. The Morgan fingerprint density at radius 2 is 2.04 bits per heavy atom. The van der Waals surface area contributed by atoms with E-state index in [9.17, 15) is 9.59 Å². The van der Waals surface area contributed by atoms with Gasteiger partial charge in [-0.15, -0.1) is 0 Å². The van der Waals surface area contributed by atoms with E-state index in [-0.39, 0.29) is 11.5 Å². The Morgan fingerprint density at radius 3 is 2.74 bits per heavy atom. The van der Waals surface area contributed by atoms with Crippen LogP contribution in [0.4, 0.5) is 0 Å². The zero-order valence-electron chi connectivity index (χ0n) is 13.3. The molecule has 1 saturated heterocycles. The van der Waals surface area contributed by atoms with Crippen molar-refractivity contribution in [3.8, 4) is 0 Å². The van der Waals surface area contributed by atoms with Gasteiger partial charge in [-0.25, -0.2) is 4.79 Å². The Bertz CT molecular complexity index is 576. The van der Waals surface area contributed by atoms with E-state index in [2.05, 4.69) is 15.9 Å². The number of hydrogen-bond donors (Lipinski definition) is 1. The summed E-state index contributed by atoms with van der Waals surface area (Å²) in [5.41, 5.74) is 0.539. The number of aromatic carboxylic acids is 1. The first kappa shape index (κ1) is 17.9. The molecule has 1 amide bonds. The van der Waals surface area contributed by atoms with Crippen LogP contribution >= 0.6 is 15.9 Å². The number of halogens is 1. The number of benzene rings is 1. The molecule has 126 valence electrons. The number of likely N-dealkylation sites (tertiary alicyclic amines) is 1. The molecule has 1 aromatic carbocycles. The third-order valence-electron chi connectivity index (χ3n) is 4.18. The highest BCUT2D eigenvalue weighted by Crippen LogP contribution is 2.23. The van der Waals surface area contributed by atoms with Gasteiger partial charge in [0.1, 0.15) is 0 Å². The quantitative estimate of drug-likeness (QED) is 0.845. The molecule has 1 aromatic rings. The zero-order chi connectivity index (χ0) is 16.8. The van der Waals surface area contributed by atoms with Crippen molar-refractivity contribution in [2.24, 2.45) is 5.92 Å². The summed E-state index contributed by atoms with van der Waals surface area (Å²) in [6.07, 6.45) is 4.14. The fourth-order valence-corrected chi connectivity index (χ4v) is 3.45. The predicted octanol–water partition coefficient (Wildman–Crippen LogP) is 3.43. The van der Waals surface area contributed by atoms with Crippen molar-refractivity contribution < 1.29 is 19.4 Å². The molecule has 1 fully saturated rings. The number of carboxylic acids is 1. The molecule has 5 nitrogen and oxygen atoms in total. The van der Waals surface area contributed by atoms with E-state index < -0.39 is 5.97 Å². The molecule has 2 rings (SSSR count). The van der Waals surface area contributed by atoms with Gasteiger partial charge >= 0.3 is 5.97 Å². The summed E-state index contributed by atoms with van der Waals surface area (Å²) in [4.78, 5) is 25.8. The maximum absolute atomic E-state index is 12.8. The van der Waals surface area contributed by atoms with E-state index in [4.69, 9.17) is 9.84 Å². The van der Waals surface area contributed by atoms with E-state index in [1.807, 2.05) is 4.90 Å². The monoisotopic (exact) mass is 383 g/mol. The molecule has 0 radical (unpaired) electrons. The molecule has 23 heavy (non-hydrogen) atoms. The van der Waals surface area contributed by atoms with Crippen LogP contribution in [0.15, 0.2) is 22.7 Å². The minimum absolute atomic E-state index is 0.0990. The number of hydrogen-bond acceptors (Lipinski definition) is 3. The largest absolute Gasteiger partial charge is 0.478 e. The Morgan fingerprint density at radius 1 is 1.30 bits per heavy atom. The van der Waals surface area contributed by atoms with Crippen molar-refractivity contribution in [1.82, 2.24) is 4.90 Å². The van der Waals surface area contributed by atoms with Crippen LogP contribution in [0.25, 0.3) is 0 Å². The smallest absolute Gasteiger partial charge is 0.335 e. The molecule has 0 spiro atoms. The van der Waals surface area contributed by atoms with Crippen LogP contribution < -0.4 is 0 Å². The predicted molar refractivity (Wildman–Crippen MR) is 90.8 cm³/mol. The topological polar surface area (TPSA) is 66.8 Å². The summed E-state index contributed by atoms with van der Waals surface area (Å²) in [6, 6.07) is 4.64. The molecular formula is C17H22BrNO4. The lowest BCUT2D eigenvalue weighted by Gasteiger charge is -2.24.